The van der Waals surface area contributed by atoms with Gasteiger partial charge < -0.3 is 9.80 Å². The molecule has 2 aromatic rings. The molecule has 2 aliphatic rings. The van der Waals surface area contributed by atoms with E-state index in [1.54, 1.807) is 12.1 Å². The molecule has 168 valence electrons. The fourth-order valence-corrected chi connectivity index (χ4v) is 4.50. The average Bonchev–Trinajstić information content (AvgIpc) is 2.73. The summed E-state index contributed by atoms with van der Waals surface area (Å²) in [6.45, 7) is 7.01. The summed E-state index contributed by atoms with van der Waals surface area (Å²) in [6.07, 6.45) is -2.07. The minimum absolute atomic E-state index is 0.0636. The summed E-state index contributed by atoms with van der Waals surface area (Å²) in [5.41, 5.74) is -0.754. The van der Waals surface area contributed by atoms with Crippen molar-refractivity contribution in [1.82, 2.24) is 20.0 Å². The van der Waals surface area contributed by atoms with Gasteiger partial charge in [-0.15, -0.1) is 10.2 Å². The molecule has 0 bridgehead atoms. The van der Waals surface area contributed by atoms with Crippen molar-refractivity contribution in [3.05, 3.63) is 41.7 Å². The molecule has 1 aromatic heterocycles. The van der Waals surface area contributed by atoms with Crippen LogP contribution in [0.25, 0.3) is 11.3 Å². The Hall–Kier alpha value is -2.26. The van der Waals surface area contributed by atoms with E-state index in [1.807, 2.05) is 0 Å². The van der Waals surface area contributed by atoms with Crippen molar-refractivity contribution in [2.75, 3.05) is 57.8 Å². The predicted molar refractivity (Wildman–Crippen MR) is 111 cm³/mol. The minimum atomic E-state index is -4.61. The van der Waals surface area contributed by atoms with E-state index in [-0.39, 0.29) is 11.3 Å². The Bertz CT molecular complexity index is 878. The zero-order valence-corrected chi connectivity index (χ0v) is 17.6. The van der Waals surface area contributed by atoms with Gasteiger partial charge in [0.2, 0.25) is 0 Å². The van der Waals surface area contributed by atoms with Crippen molar-refractivity contribution in [1.29, 1.82) is 0 Å². The maximum atomic E-state index is 13.7. The number of likely N-dealkylation sites (tertiary alicyclic amines) is 1. The van der Waals surface area contributed by atoms with Crippen LogP contribution in [0.1, 0.15) is 18.4 Å². The Kier molecular flexibility index (Phi) is 6.43. The van der Waals surface area contributed by atoms with Crippen LogP contribution in [0.4, 0.5) is 23.4 Å². The lowest BCUT2D eigenvalue weighted by molar-refractivity contribution is -0.137. The van der Waals surface area contributed by atoms with Gasteiger partial charge in [-0.1, -0.05) is 0 Å². The van der Waals surface area contributed by atoms with Crippen LogP contribution in [0.5, 0.6) is 0 Å². The summed E-state index contributed by atoms with van der Waals surface area (Å²) in [4.78, 5) is 7.03. The number of nitrogens with zero attached hydrogens (tertiary/aromatic N) is 5. The fourth-order valence-electron chi connectivity index (χ4n) is 4.50. The van der Waals surface area contributed by atoms with E-state index in [0.29, 0.717) is 11.9 Å². The van der Waals surface area contributed by atoms with Gasteiger partial charge in [-0.05, 0) is 62.7 Å². The second-order valence-electron chi connectivity index (χ2n) is 8.56. The lowest BCUT2D eigenvalue weighted by atomic mass is 9.97. The van der Waals surface area contributed by atoms with Gasteiger partial charge in [0, 0.05) is 44.8 Å². The minimum Gasteiger partial charge on any atom is -0.353 e. The Balaban J connectivity index is 1.37. The molecule has 3 heterocycles. The van der Waals surface area contributed by atoms with Crippen LogP contribution in [-0.2, 0) is 6.18 Å². The van der Waals surface area contributed by atoms with Gasteiger partial charge in [0.15, 0.2) is 5.82 Å². The zero-order chi connectivity index (χ0) is 22.0. The van der Waals surface area contributed by atoms with Gasteiger partial charge in [0.1, 0.15) is 5.82 Å². The van der Waals surface area contributed by atoms with Crippen LogP contribution in [-0.4, -0.2) is 72.9 Å². The normalized spacial score (nSPS) is 21.5. The molecule has 5 nitrogen and oxygen atoms in total. The van der Waals surface area contributed by atoms with E-state index >= 15 is 0 Å². The topological polar surface area (TPSA) is 35.5 Å². The second kappa shape index (κ2) is 9.08. The van der Waals surface area contributed by atoms with E-state index in [2.05, 4.69) is 31.9 Å². The molecule has 0 radical (unpaired) electrons. The maximum Gasteiger partial charge on any atom is 0.416 e. The van der Waals surface area contributed by atoms with Crippen LogP contribution in [0.15, 0.2) is 30.3 Å². The Labute approximate surface area is 179 Å². The maximum absolute atomic E-state index is 13.7. The fraction of sp³-hybridized carbons (Fsp3) is 0.545. The highest BCUT2D eigenvalue weighted by Gasteiger charge is 2.31. The molecule has 0 saturated carbocycles. The van der Waals surface area contributed by atoms with Crippen LogP contribution in [0, 0.1) is 11.7 Å². The summed E-state index contributed by atoms with van der Waals surface area (Å²) < 4.78 is 52.5. The van der Waals surface area contributed by atoms with Crippen molar-refractivity contribution in [2.45, 2.75) is 19.0 Å². The van der Waals surface area contributed by atoms with Crippen LogP contribution >= 0.6 is 0 Å². The number of anilines is 1. The van der Waals surface area contributed by atoms with Gasteiger partial charge >= 0.3 is 6.18 Å². The van der Waals surface area contributed by atoms with Crippen LogP contribution < -0.4 is 4.90 Å². The molecule has 2 aliphatic heterocycles. The van der Waals surface area contributed by atoms with E-state index in [1.165, 1.54) is 19.4 Å². The first-order valence-corrected chi connectivity index (χ1v) is 10.7. The van der Waals surface area contributed by atoms with Gasteiger partial charge in [-0.3, -0.25) is 4.90 Å². The number of aromatic nitrogens is 2. The summed E-state index contributed by atoms with van der Waals surface area (Å²) in [7, 11) is 2.18. The molecule has 9 heteroatoms. The smallest absolute Gasteiger partial charge is 0.353 e. The molecule has 0 spiro atoms. The number of alkyl halides is 3. The third kappa shape index (κ3) is 5.51. The molecule has 0 amide bonds. The lowest BCUT2D eigenvalue weighted by Gasteiger charge is -2.38. The molecule has 0 aliphatic carbocycles. The number of rotatable bonds is 4. The second-order valence-corrected chi connectivity index (χ2v) is 8.56. The summed E-state index contributed by atoms with van der Waals surface area (Å²) >= 11 is 0. The van der Waals surface area contributed by atoms with Crippen molar-refractivity contribution >= 4 is 5.82 Å². The average molecular weight is 437 g/mol. The zero-order valence-electron chi connectivity index (χ0n) is 17.6. The van der Waals surface area contributed by atoms with Gasteiger partial charge in [0.05, 0.1) is 11.3 Å². The highest BCUT2D eigenvalue weighted by atomic mass is 19.4. The van der Waals surface area contributed by atoms with Crippen molar-refractivity contribution in [2.24, 2.45) is 5.92 Å². The number of hydrogen-bond donors (Lipinski definition) is 0. The Morgan fingerprint density at radius 2 is 1.77 bits per heavy atom. The molecular weight excluding hydrogens is 410 g/mol. The highest BCUT2D eigenvalue weighted by Crippen LogP contribution is 2.32. The molecule has 2 fully saturated rings. The van der Waals surface area contributed by atoms with E-state index in [0.717, 1.165) is 57.3 Å². The molecule has 2 saturated heterocycles. The van der Waals surface area contributed by atoms with E-state index < -0.39 is 17.6 Å². The quantitative estimate of drug-likeness (QED) is 0.681. The first-order chi connectivity index (χ1) is 14.8. The SMILES string of the molecule is CN1CCCC(CN2CCN(c3ccc(-c4cc(F)cc(C(F)(F)F)c4)nn3)CC2)C1. The standard InChI is InChI=1S/C22H27F4N5/c1-29-6-2-3-16(14-29)15-30-7-9-31(10-8-30)21-5-4-20(27-28-21)17-11-18(22(24,25)26)13-19(23)12-17/h4-5,11-13,16H,2-3,6-10,14-15H2,1H3. The van der Waals surface area contributed by atoms with Crippen molar-refractivity contribution < 1.29 is 17.6 Å². The summed E-state index contributed by atoms with van der Waals surface area (Å²) in [5, 5.41) is 8.26. The first kappa shape index (κ1) is 22.0. The van der Waals surface area contributed by atoms with Crippen LogP contribution in [0.2, 0.25) is 0 Å². The number of halogens is 4. The predicted octanol–water partition coefficient (Wildman–Crippen LogP) is 3.77. The van der Waals surface area contributed by atoms with Crippen LogP contribution in [0.3, 0.4) is 0 Å². The first-order valence-electron chi connectivity index (χ1n) is 10.7. The molecule has 0 N–H and O–H groups in total. The Morgan fingerprint density at radius 3 is 2.42 bits per heavy atom. The van der Waals surface area contributed by atoms with E-state index in [4.69, 9.17) is 0 Å². The summed E-state index contributed by atoms with van der Waals surface area (Å²) in [6, 6.07) is 5.76. The molecule has 4 rings (SSSR count). The van der Waals surface area contributed by atoms with Crippen molar-refractivity contribution in [3.63, 3.8) is 0 Å². The molecule has 1 atom stereocenters. The van der Waals surface area contributed by atoms with Gasteiger partial charge in [-0.2, -0.15) is 13.2 Å². The third-order valence-electron chi connectivity index (χ3n) is 6.11. The molecule has 1 aromatic carbocycles. The number of piperazine rings is 1. The molecular formula is C22H27F4N5. The van der Waals surface area contributed by atoms with Gasteiger partial charge in [0.25, 0.3) is 0 Å². The number of hydrogen-bond acceptors (Lipinski definition) is 5. The van der Waals surface area contributed by atoms with E-state index in [9.17, 15) is 17.6 Å². The molecule has 1 unspecified atom stereocenters. The highest BCUT2D eigenvalue weighted by molar-refractivity contribution is 5.61. The third-order valence-corrected chi connectivity index (χ3v) is 6.11. The largest absolute Gasteiger partial charge is 0.416 e. The monoisotopic (exact) mass is 437 g/mol. The number of benzene rings is 1. The lowest BCUT2D eigenvalue weighted by Crippen LogP contribution is -2.49. The van der Waals surface area contributed by atoms with Crippen molar-refractivity contribution in [3.8, 4) is 11.3 Å². The molecule has 31 heavy (non-hydrogen) atoms. The summed E-state index contributed by atoms with van der Waals surface area (Å²) in [5.74, 6) is 0.460. The van der Waals surface area contributed by atoms with Gasteiger partial charge in [-0.25, -0.2) is 4.39 Å². The Morgan fingerprint density at radius 1 is 1.00 bits per heavy atom. The number of piperidine rings is 1.